The van der Waals surface area contributed by atoms with Crippen molar-refractivity contribution < 1.29 is 13.5 Å². The fraction of sp³-hybridized carbons (Fsp3) is 0.214. The monoisotopic (exact) mass is 264 g/mol. The zero-order valence-electron chi connectivity index (χ0n) is 10.5. The number of nitrogens with one attached hydrogen (secondary N) is 1. The maximum Gasteiger partial charge on any atom is 0.141 e. The molecule has 0 aliphatic heterocycles. The molecule has 100 valence electrons. The van der Waals surface area contributed by atoms with Gasteiger partial charge in [-0.3, -0.25) is 4.98 Å². The van der Waals surface area contributed by atoms with Crippen molar-refractivity contribution in [3.8, 4) is 5.75 Å². The molecule has 0 fully saturated rings. The third kappa shape index (κ3) is 3.99. The van der Waals surface area contributed by atoms with Crippen LogP contribution in [0.1, 0.15) is 11.1 Å². The normalized spacial score (nSPS) is 10.5. The highest BCUT2D eigenvalue weighted by atomic mass is 19.1. The van der Waals surface area contributed by atoms with Crippen molar-refractivity contribution in [3.05, 3.63) is 59.4 Å². The van der Waals surface area contributed by atoms with E-state index in [-0.39, 0.29) is 12.4 Å². The van der Waals surface area contributed by atoms with Crippen LogP contribution < -0.4 is 10.1 Å². The van der Waals surface area contributed by atoms with Crippen LogP contribution in [-0.4, -0.2) is 12.0 Å². The molecule has 19 heavy (non-hydrogen) atoms. The third-order valence-corrected chi connectivity index (χ3v) is 2.48. The van der Waals surface area contributed by atoms with Gasteiger partial charge in [-0.1, -0.05) is 0 Å². The summed E-state index contributed by atoms with van der Waals surface area (Å²) >= 11 is 0. The van der Waals surface area contributed by atoms with Crippen LogP contribution in [0.4, 0.5) is 8.78 Å². The number of hydrogen-bond acceptors (Lipinski definition) is 3. The van der Waals surface area contributed by atoms with E-state index in [0.29, 0.717) is 17.9 Å². The molecule has 0 saturated carbocycles. The first kappa shape index (κ1) is 13.4. The molecule has 0 unspecified atom stereocenters. The largest absolute Gasteiger partial charge is 0.489 e. The second-order valence-electron chi connectivity index (χ2n) is 4.13. The number of nitrogens with zero attached hydrogens (tertiary/aromatic N) is 1. The second-order valence-corrected chi connectivity index (χ2v) is 4.13. The fourth-order valence-corrected chi connectivity index (χ4v) is 1.71. The Morgan fingerprint density at radius 1 is 1.05 bits per heavy atom. The second kappa shape index (κ2) is 6.24. The van der Waals surface area contributed by atoms with Crippen LogP contribution in [0.3, 0.4) is 0 Å². The lowest BCUT2D eigenvalue weighted by Gasteiger charge is -2.08. The molecule has 2 aromatic rings. The number of aromatic nitrogens is 1. The maximum atomic E-state index is 13.4. The van der Waals surface area contributed by atoms with Gasteiger partial charge in [-0.05, 0) is 30.8 Å². The minimum Gasteiger partial charge on any atom is -0.489 e. The van der Waals surface area contributed by atoms with E-state index in [2.05, 4.69) is 10.3 Å². The number of rotatable bonds is 5. The average molecular weight is 264 g/mol. The summed E-state index contributed by atoms with van der Waals surface area (Å²) in [6.07, 6.45) is 2.63. The first-order chi connectivity index (χ1) is 9.17. The summed E-state index contributed by atoms with van der Waals surface area (Å²) in [6, 6.07) is 5.81. The third-order valence-electron chi connectivity index (χ3n) is 2.48. The van der Waals surface area contributed by atoms with Crippen LogP contribution in [-0.2, 0) is 13.2 Å². The Bertz CT molecular complexity index is 561. The van der Waals surface area contributed by atoms with Gasteiger partial charge in [0.25, 0.3) is 0 Å². The molecule has 3 nitrogen and oxygen atoms in total. The molecule has 1 aromatic carbocycles. The van der Waals surface area contributed by atoms with E-state index in [0.717, 1.165) is 11.8 Å². The zero-order chi connectivity index (χ0) is 13.7. The molecule has 0 radical (unpaired) electrons. The van der Waals surface area contributed by atoms with E-state index >= 15 is 0 Å². The topological polar surface area (TPSA) is 34.1 Å². The molecule has 5 heteroatoms. The van der Waals surface area contributed by atoms with E-state index in [4.69, 9.17) is 4.74 Å². The van der Waals surface area contributed by atoms with Gasteiger partial charge in [0.2, 0.25) is 0 Å². The average Bonchev–Trinajstić information content (AvgIpc) is 2.36. The molecule has 0 aliphatic carbocycles. The van der Waals surface area contributed by atoms with Crippen molar-refractivity contribution in [1.29, 1.82) is 0 Å². The molecule has 0 spiro atoms. The number of pyridine rings is 1. The van der Waals surface area contributed by atoms with Crippen molar-refractivity contribution >= 4 is 0 Å². The van der Waals surface area contributed by atoms with Crippen molar-refractivity contribution in [1.82, 2.24) is 10.3 Å². The number of hydrogen-bond donors (Lipinski definition) is 1. The Labute approximate surface area is 110 Å². The summed E-state index contributed by atoms with van der Waals surface area (Å²) in [6.45, 7) is 0.697. The van der Waals surface area contributed by atoms with Gasteiger partial charge >= 0.3 is 0 Å². The van der Waals surface area contributed by atoms with Crippen molar-refractivity contribution in [2.24, 2.45) is 0 Å². The van der Waals surface area contributed by atoms with Gasteiger partial charge in [0.15, 0.2) is 0 Å². The quantitative estimate of drug-likeness (QED) is 0.901. The lowest BCUT2D eigenvalue weighted by Crippen LogP contribution is -2.06. The van der Waals surface area contributed by atoms with Gasteiger partial charge in [0.1, 0.15) is 24.0 Å². The zero-order valence-corrected chi connectivity index (χ0v) is 10.5. The molecule has 1 heterocycles. The summed E-state index contributed by atoms with van der Waals surface area (Å²) in [7, 11) is 1.78. The van der Waals surface area contributed by atoms with Gasteiger partial charge in [0, 0.05) is 24.4 Å². The molecule has 0 bridgehead atoms. The van der Waals surface area contributed by atoms with Crippen LogP contribution >= 0.6 is 0 Å². The Balaban J connectivity index is 2.06. The minimum absolute atomic E-state index is 0.146. The van der Waals surface area contributed by atoms with Crippen molar-refractivity contribution in [3.63, 3.8) is 0 Å². The van der Waals surface area contributed by atoms with Crippen molar-refractivity contribution in [2.45, 2.75) is 13.2 Å². The minimum atomic E-state index is -0.420. The van der Waals surface area contributed by atoms with Crippen LogP contribution in [0.2, 0.25) is 0 Å². The summed E-state index contributed by atoms with van der Waals surface area (Å²) < 4.78 is 31.7. The van der Waals surface area contributed by atoms with Crippen LogP contribution in [0.15, 0.2) is 36.7 Å². The van der Waals surface area contributed by atoms with E-state index in [1.165, 1.54) is 24.4 Å². The Morgan fingerprint density at radius 2 is 1.84 bits per heavy atom. The lowest BCUT2D eigenvalue weighted by molar-refractivity contribution is 0.303. The van der Waals surface area contributed by atoms with E-state index in [1.54, 1.807) is 13.1 Å². The first-order valence-corrected chi connectivity index (χ1v) is 5.83. The molecule has 0 amide bonds. The van der Waals surface area contributed by atoms with Gasteiger partial charge in [-0.25, -0.2) is 8.78 Å². The Hall–Kier alpha value is -2.01. The van der Waals surface area contributed by atoms with E-state index in [9.17, 15) is 8.78 Å². The predicted molar refractivity (Wildman–Crippen MR) is 67.7 cm³/mol. The Morgan fingerprint density at radius 3 is 2.58 bits per heavy atom. The smallest absolute Gasteiger partial charge is 0.141 e. The summed E-state index contributed by atoms with van der Waals surface area (Å²) in [4.78, 5) is 3.72. The standard InChI is InChI=1S/C14H14F2N2O/c1-17-6-10-2-12(15)5-14(4-10)19-9-11-3-13(16)8-18-7-11/h2-5,7-8,17H,6,9H2,1H3. The SMILES string of the molecule is CNCc1cc(F)cc(OCc2cncc(F)c2)c1. The van der Waals surface area contributed by atoms with Crippen LogP contribution in [0.25, 0.3) is 0 Å². The number of benzene rings is 1. The predicted octanol–water partition coefficient (Wildman–Crippen LogP) is 2.66. The molecular weight excluding hydrogens is 250 g/mol. The fourth-order valence-electron chi connectivity index (χ4n) is 1.71. The van der Waals surface area contributed by atoms with Crippen LogP contribution in [0, 0.1) is 11.6 Å². The van der Waals surface area contributed by atoms with Gasteiger partial charge in [-0.15, -0.1) is 0 Å². The highest BCUT2D eigenvalue weighted by Gasteiger charge is 2.03. The molecular formula is C14H14F2N2O. The maximum absolute atomic E-state index is 13.4. The highest BCUT2D eigenvalue weighted by Crippen LogP contribution is 2.18. The molecule has 2 rings (SSSR count). The molecule has 1 N–H and O–H groups in total. The molecule has 0 aliphatic rings. The first-order valence-electron chi connectivity index (χ1n) is 5.83. The number of ether oxygens (including phenoxy) is 1. The van der Waals surface area contributed by atoms with Gasteiger partial charge in [-0.2, -0.15) is 0 Å². The lowest BCUT2D eigenvalue weighted by atomic mass is 10.2. The summed E-state index contributed by atoms with van der Waals surface area (Å²) in [5.41, 5.74) is 1.38. The van der Waals surface area contributed by atoms with Crippen LogP contribution in [0.5, 0.6) is 5.75 Å². The Kier molecular flexibility index (Phi) is 4.41. The summed E-state index contributed by atoms with van der Waals surface area (Å²) in [5, 5.41) is 2.94. The summed E-state index contributed by atoms with van der Waals surface area (Å²) in [5.74, 6) is -0.370. The number of halogens is 2. The molecule has 1 aromatic heterocycles. The van der Waals surface area contributed by atoms with E-state index in [1.807, 2.05) is 0 Å². The van der Waals surface area contributed by atoms with E-state index < -0.39 is 5.82 Å². The van der Waals surface area contributed by atoms with Crippen molar-refractivity contribution in [2.75, 3.05) is 7.05 Å². The van der Waals surface area contributed by atoms with Gasteiger partial charge in [0.05, 0.1) is 6.20 Å². The van der Waals surface area contributed by atoms with Gasteiger partial charge < -0.3 is 10.1 Å². The molecule has 0 atom stereocenters. The molecule has 0 saturated heterocycles. The highest BCUT2D eigenvalue weighted by molar-refractivity contribution is 5.30.